The van der Waals surface area contributed by atoms with Crippen molar-refractivity contribution in [1.29, 1.82) is 0 Å². The van der Waals surface area contributed by atoms with E-state index in [0.29, 0.717) is 33.7 Å². The Morgan fingerprint density at radius 1 is 1.19 bits per heavy atom. The van der Waals surface area contributed by atoms with Crippen LogP contribution in [-0.2, 0) is 0 Å². The molecular formula is C23H21FN4O2S. The van der Waals surface area contributed by atoms with Gasteiger partial charge in [-0.2, -0.15) is 0 Å². The predicted molar refractivity (Wildman–Crippen MR) is 120 cm³/mol. The minimum atomic E-state index is -0.459. The van der Waals surface area contributed by atoms with E-state index < -0.39 is 11.7 Å². The number of thiophene rings is 1. The maximum absolute atomic E-state index is 14.8. The molecule has 0 atom stereocenters. The summed E-state index contributed by atoms with van der Waals surface area (Å²) in [6.45, 7) is 5.46. The van der Waals surface area contributed by atoms with Crippen LogP contribution >= 0.6 is 11.3 Å². The molecule has 0 spiro atoms. The summed E-state index contributed by atoms with van der Waals surface area (Å²) in [5, 5.41) is 7.34. The van der Waals surface area contributed by atoms with Crippen LogP contribution in [0.4, 0.5) is 15.8 Å². The molecule has 6 nitrogen and oxygen atoms in total. The lowest BCUT2D eigenvalue weighted by Crippen LogP contribution is -2.22. The van der Waals surface area contributed by atoms with Gasteiger partial charge in [0.25, 0.3) is 11.6 Å². The largest absolute Gasteiger partial charge is 0.370 e. The van der Waals surface area contributed by atoms with Crippen LogP contribution in [-0.4, -0.2) is 29.1 Å². The first-order valence-corrected chi connectivity index (χ1v) is 11.0. The number of aryl methyl sites for hydroxylation is 2. The Morgan fingerprint density at radius 3 is 2.74 bits per heavy atom. The summed E-state index contributed by atoms with van der Waals surface area (Å²) in [6, 6.07) is 10.6. The monoisotopic (exact) mass is 436 g/mol. The van der Waals surface area contributed by atoms with Gasteiger partial charge in [-0.1, -0.05) is 11.2 Å². The van der Waals surface area contributed by atoms with Crippen molar-refractivity contribution in [3.63, 3.8) is 0 Å². The molecule has 0 unspecified atom stereocenters. The Hall–Kier alpha value is -3.26. The highest BCUT2D eigenvalue weighted by Crippen LogP contribution is 2.34. The number of aromatic nitrogens is 2. The highest BCUT2D eigenvalue weighted by molar-refractivity contribution is 7.15. The molecule has 0 radical (unpaired) electrons. The highest BCUT2D eigenvalue weighted by Gasteiger charge is 2.24. The summed E-state index contributed by atoms with van der Waals surface area (Å²) in [5.41, 5.74) is 2.74. The molecule has 158 valence electrons. The number of amides is 1. The zero-order valence-electron chi connectivity index (χ0n) is 17.2. The zero-order valence-corrected chi connectivity index (χ0v) is 18.1. The molecule has 4 heterocycles. The van der Waals surface area contributed by atoms with Crippen LogP contribution in [0.15, 0.2) is 40.9 Å². The summed E-state index contributed by atoms with van der Waals surface area (Å²) < 4.78 is 20.1. The molecule has 1 saturated heterocycles. The average molecular weight is 437 g/mol. The number of rotatable bonds is 4. The molecule has 1 fully saturated rings. The maximum Gasteiger partial charge on any atom is 0.259 e. The fourth-order valence-electron chi connectivity index (χ4n) is 4.01. The van der Waals surface area contributed by atoms with Crippen molar-refractivity contribution in [2.24, 2.45) is 0 Å². The van der Waals surface area contributed by atoms with E-state index >= 15 is 0 Å². The molecule has 31 heavy (non-hydrogen) atoms. The van der Waals surface area contributed by atoms with Crippen LogP contribution < -0.4 is 10.2 Å². The number of halogens is 1. The number of para-hydroxylation sites is 1. The number of benzene rings is 1. The predicted octanol–water partition coefficient (Wildman–Crippen LogP) is 5.56. The fourth-order valence-corrected chi connectivity index (χ4v) is 4.84. The molecule has 0 bridgehead atoms. The molecule has 0 saturated carbocycles. The van der Waals surface area contributed by atoms with Gasteiger partial charge in [-0.05, 0) is 57.0 Å². The molecule has 1 N–H and O–H groups in total. The molecule has 3 aromatic heterocycles. The molecule has 0 aliphatic carbocycles. The number of hydrogen-bond acceptors (Lipinski definition) is 6. The van der Waals surface area contributed by atoms with Crippen LogP contribution in [0.2, 0.25) is 0 Å². The normalized spacial score (nSPS) is 13.8. The quantitative estimate of drug-likeness (QED) is 0.453. The molecule has 4 aromatic rings. The van der Waals surface area contributed by atoms with Gasteiger partial charge in [-0.25, -0.2) is 9.37 Å². The lowest BCUT2D eigenvalue weighted by Gasteiger charge is -2.22. The third-order valence-electron chi connectivity index (χ3n) is 5.53. The summed E-state index contributed by atoms with van der Waals surface area (Å²) >= 11 is 1.58. The van der Waals surface area contributed by atoms with Gasteiger partial charge in [0, 0.05) is 18.0 Å². The van der Waals surface area contributed by atoms with E-state index in [4.69, 9.17) is 4.52 Å². The Kier molecular flexibility index (Phi) is 4.94. The van der Waals surface area contributed by atoms with Gasteiger partial charge in [0.15, 0.2) is 0 Å². The minimum Gasteiger partial charge on any atom is -0.370 e. The van der Waals surface area contributed by atoms with Crippen molar-refractivity contribution in [2.45, 2.75) is 26.7 Å². The standard InChI is InChI=1S/C23H21FN4O2S/c1-13-8-9-19(31-13)17-12-15(20-14(2)27-30-23(20)25-17)22(29)26-21-16(24)6-5-7-18(21)28-10-3-4-11-28/h5-9,12H,3-4,10-11H2,1-2H3,(H,26,29). The fraction of sp³-hybridized carbons (Fsp3) is 0.261. The Labute approximate surface area is 182 Å². The molecule has 8 heteroatoms. The van der Waals surface area contributed by atoms with Crippen LogP contribution in [0, 0.1) is 19.7 Å². The van der Waals surface area contributed by atoms with E-state index in [-0.39, 0.29) is 5.69 Å². The molecular weight excluding hydrogens is 415 g/mol. The van der Waals surface area contributed by atoms with Crippen molar-refractivity contribution in [3.8, 4) is 10.6 Å². The molecule has 1 aliphatic heterocycles. The topological polar surface area (TPSA) is 71.3 Å². The van der Waals surface area contributed by atoms with Crippen LogP contribution in [0.25, 0.3) is 21.7 Å². The number of carbonyl (C=O) groups excluding carboxylic acids is 1. The van der Waals surface area contributed by atoms with Gasteiger partial charge < -0.3 is 14.7 Å². The third-order valence-corrected chi connectivity index (χ3v) is 6.55. The van der Waals surface area contributed by atoms with Crippen molar-refractivity contribution < 1.29 is 13.7 Å². The highest BCUT2D eigenvalue weighted by atomic mass is 32.1. The van der Waals surface area contributed by atoms with E-state index in [1.54, 1.807) is 30.4 Å². The Bertz CT molecular complexity index is 1290. The Morgan fingerprint density at radius 2 is 2.00 bits per heavy atom. The van der Waals surface area contributed by atoms with E-state index in [2.05, 4.69) is 20.4 Å². The summed E-state index contributed by atoms with van der Waals surface area (Å²) in [4.78, 5) is 22.1. The maximum atomic E-state index is 14.8. The van der Waals surface area contributed by atoms with E-state index in [1.165, 1.54) is 6.07 Å². The van der Waals surface area contributed by atoms with Crippen molar-refractivity contribution in [2.75, 3.05) is 23.3 Å². The first-order valence-electron chi connectivity index (χ1n) is 10.2. The number of nitrogens with one attached hydrogen (secondary N) is 1. The minimum absolute atomic E-state index is 0.196. The van der Waals surface area contributed by atoms with Crippen molar-refractivity contribution >= 4 is 39.7 Å². The van der Waals surface area contributed by atoms with Crippen LogP contribution in [0.5, 0.6) is 0 Å². The van der Waals surface area contributed by atoms with Gasteiger partial charge in [0.05, 0.1) is 32.9 Å². The van der Waals surface area contributed by atoms with Gasteiger partial charge in [-0.3, -0.25) is 4.79 Å². The number of carbonyl (C=O) groups is 1. The van der Waals surface area contributed by atoms with Gasteiger partial charge >= 0.3 is 0 Å². The summed E-state index contributed by atoms with van der Waals surface area (Å²) in [5.74, 6) is -0.877. The van der Waals surface area contributed by atoms with Crippen molar-refractivity contribution in [1.82, 2.24) is 10.1 Å². The second-order valence-electron chi connectivity index (χ2n) is 7.70. The SMILES string of the molecule is Cc1ccc(-c2cc(C(=O)Nc3c(F)cccc3N3CCCC3)c3c(C)noc3n2)s1. The third kappa shape index (κ3) is 3.57. The van der Waals surface area contributed by atoms with Gasteiger partial charge in [0.2, 0.25) is 0 Å². The number of hydrogen-bond donors (Lipinski definition) is 1. The van der Waals surface area contributed by atoms with Gasteiger partial charge in [0.1, 0.15) is 11.5 Å². The average Bonchev–Trinajstić information content (AvgIpc) is 3.51. The Balaban J connectivity index is 1.58. The van der Waals surface area contributed by atoms with E-state index in [1.807, 2.05) is 25.1 Å². The second-order valence-corrected chi connectivity index (χ2v) is 8.98. The number of fused-ring (bicyclic) bond motifs is 1. The zero-order chi connectivity index (χ0) is 21.5. The van der Waals surface area contributed by atoms with Gasteiger partial charge in [-0.15, -0.1) is 11.3 Å². The first-order chi connectivity index (χ1) is 15.0. The molecule has 5 rings (SSSR count). The summed E-state index contributed by atoms with van der Waals surface area (Å²) in [7, 11) is 0. The number of pyridine rings is 1. The summed E-state index contributed by atoms with van der Waals surface area (Å²) in [6.07, 6.45) is 2.11. The lowest BCUT2D eigenvalue weighted by atomic mass is 10.1. The number of anilines is 2. The molecule has 1 aliphatic rings. The first kappa shape index (κ1) is 19.7. The smallest absolute Gasteiger partial charge is 0.259 e. The second kappa shape index (κ2) is 7.77. The van der Waals surface area contributed by atoms with Crippen LogP contribution in [0.1, 0.15) is 33.8 Å². The van der Waals surface area contributed by atoms with E-state index in [0.717, 1.165) is 35.7 Å². The van der Waals surface area contributed by atoms with Crippen LogP contribution in [0.3, 0.4) is 0 Å². The van der Waals surface area contributed by atoms with Crippen molar-refractivity contribution in [3.05, 3.63) is 58.3 Å². The number of nitrogens with zero attached hydrogens (tertiary/aromatic N) is 3. The molecule has 1 amide bonds. The molecule has 1 aromatic carbocycles. The van der Waals surface area contributed by atoms with E-state index in [9.17, 15) is 9.18 Å². The lowest BCUT2D eigenvalue weighted by molar-refractivity contribution is 0.102.